The molecule has 0 N–H and O–H groups in total. The van der Waals surface area contributed by atoms with E-state index in [1.54, 1.807) is 12.1 Å². The number of nitrogens with zero attached hydrogens (tertiary/aromatic N) is 2. The normalized spacial score (nSPS) is 11.7. The first-order valence-corrected chi connectivity index (χ1v) is 5.36. The fraction of sp³-hybridized carbons (Fsp3) is 0.300. The highest BCUT2D eigenvalue weighted by Gasteiger charge is 2.08. The Hall–Kier alpha value is -1.54. The van der Waals surface area contributed by atoms with Gasteiger partial charge in [-0.25, -0.2) is 0 Å². The van der Waals surface area contributed by atoms with Crippen molar-refractivity contribution in [1.29, 1.82) is 5.26 Å². The Balaban J connectivity index is 2.73. The predicted molar refractivity (Wildman–Crippen MR) is 58.6 cm³/mol. The van der Waals surface area contributed by atoms with Gasteiger partial charge in [-0.05, 0) is 18.6 Å². The lowest BCUT2D eigenvalue weighted by Gasteiger charge is -2.04. The van der Waals surface area contributed by atoms with Crippen molar-refractivity contribution in [2.24, 2.45) is 0 Å². The number of hydrogen-bond donors (Lipinski definition) is 0. The van der Waals surface area contributed by atoms with Gasteiger partial charge in [-0.1, -0.05) is 6.92 Å². The molecule has 0 aromatic heterocycles. The lowest BCUT2D eigenvalue weighted by molar-refractivity contribution is -0.384. The smallest absolute Gasteiger partial charge is 0.258 e. The molecule has 0 spiro atoms. The molecule has 0 heterocycles. The summed E-state index contributed by atoms with van der Waals surface area (Å²) < 4.78 is 0. The fourth-order valence-corrected chi connectivity index (χ4v) is 1.85. The Morgan fingerprint density at radius 2 is 2.13 bits per heavy atom. The largest absolute Gasteiger partial charge is 0.269 e. The van der Waals surface area contributed by atoms with Crippen LogP contribution in [0.2, 0.25) is 0 Å². The number of thioether (sulfide) groups is 1. The summed E-state index contributed by atoms with van der Waals surface area (Å²) >= 11 is 1.43. The van der Waals surface area contributed by atoms with E-state index in [1.807, 2.05) is 6.92 Å². The van der Waals surface area contributed by atoms with E-state index in [-0.39, 0.29) is 10.9 Å². The second-order valence-electron chi connectivity index (χ2n) is 2.89. The summed E-state index contributed by atoms with van der Waals surface area (Å²) in [5, 5.41) is 19.1. The summed E-state index contributed by atoms with van der Waals surface area (Å²) in [7, 11) is 0. The average Bonchev–Trinajstić information content (AvgIpc) is 2.26. The maximum absolute atomic E-state index is 10.4. The summed E-state index contributed by atoms with van der Waals surface area (Å²) in [6.45, 7) is 1.94. The van der Waals surface area contributed by atoms with Gasteiger partial charge in [0.05, 0.1) is 16.2 Å². The van der Waals surface area contributed by atoms with E-state index in [1.165, 1.54) is 23.9 Å². The quantitative estimate of drug-likeness (QED) is 0.446. The van der Waals surface area contributed by atoms with Crippen molar-refractivity contribution >= 4 is 17.4 Å². The lowest BCUT2D eigenvalue weighted by Crippen LogP contribution is -1.95. The van der Waals surface area contributed by atoms with Gasteiger partial charge in [0, 0.05) is 17.0 Å². The van der Waals surface area contributed by atoms with Gasteiger partial charge >= 0.3 is 0 Å². The van der Waals surface area contributed by atoms with Crippen LogP contribution in [0.15, 0.2) is 29.2 Å². The first-order valence-electron chi connectivity index (χ1n) is 4.48. The Morgan fingerprint density at radius 3 is 2.53 bits per heavy atom. The summed E-state index contributed by atoms with van der Waals surface area (Å²) in [5.74, 6) is 0. The molecule has 0 saturated heterocycles. The van der Waals surface area contributed by atoms with Crippen LogP contribution in [0.1, 0.15) is 13.3 Å². The van der Waals surface area contributed by atoms with Gasteiger partial charge in [0.1, 0.15) is 0 Å². The molecular weight excluding hydrogens is 212 g/mol. The van der Waals surface area contributed by atoms with E-state index in [2.05, 4.69) is 6.07 Å². The first kappa shape index (κ1) is 11.5. The van der Waals surface area contributed by atoms with Crippen LogP contribution in [0.4, 0.5) is 5.69 Å². The average molecular weight is 222 g/mol. The van der Waals surface area contributed by atoms with Gasteiger partial charge in [0.15, 0.2) is 0 Å². The summed E-state index contributed by atoms with van der Waals surface area (Å²) in [6.07, 6.45) is 0.762. The standard InChI is InChI=1S/C10H10N2O2S/c1-2-9(7-11)15-10-5-3-8(4-6-10)12(13)14/h3-6,9H,2H2,1H3. The minimum absolute atomic E-state index is 0.0735. The Morgan fingerprint density at radius 1 is 1.53 bits per heavy atom. The molecule has 0 aliphatic carbocycles. The second-order valence-corrected chi connectivity index (χ2v) is 4.17. The molecule has 5 heteroatoms. The van der Waals surface area contributed by atoms with Gasteiger partial charge < -0.3 is 0 Å². The molecule has 1 rings (SSSR count). The molecule has 1 atom stereocenters. The van der Waals surface area contributed by atoms with Crippen LogP contribution < -0.4 is 0 Å². The first-order chi connectivity index (χ1) is 7.17. The van der Waals surface area contributed by atoms with E-state index in [4.69, 9.17) is 5.26 Å². The molecule has 0 amide bonds. The van der Waals surface area contributed by atoms with E-state index in [9.17, 15) is 10.1 Å². The molecule has 1 aromatic rings. The van der Waals surface area contributed by atoms with Crippen LogP contribution in [0.25, 0.3) is 0 Å². The molecule has 0 bridgehead atoms. The van der Waals surface area contributed by atoms with Gasteiger partial charge in [-0.3, -0.25) is 10.1 Å². The van der Waals surface area contributed by atoms with E-state index < -0.39 is 4.92 Å². The topological polar surface area (TPSA) is 66.9 Å². The lowest BCUT2D eigenvalue weighted by atomic mass is 10.3. The van der Waals surface area contributed by atoms with Gasteiger partial charge in [0.2, 0.25) is 0 Å². The zero-order valence-corrected chi connectivity index (χ0v) is 9.03. The minimum atomic E-state index is -0.434. The highest BCUT2D eigenvalue weighted by Crippen LogP contribution is 2.26. The van der Waals surface area contributed by atoms with Crippen LogP contribution in [0.5, 0.6) is 0 Å². The van der Waals surface area contributed by atoms with Crippen molar-refractivity contribution < 1.29 is 4.92 Å². The van der Waals surface area contributed by atoms with E-state index in [0.717, 1.165) is 11.3 Å². The number of nitro groups is 1. The monoisotopic (exact) mass is 222 g/mol. The van der Waals surface area contributed by atoms with Crippen molar-refractivity contribution in [2.75, 3.05) is 0 Å². The second kappa shape index (κ2) is 5.37. The third-order valence-corrected chi connectivity index (χ3v) is 3.11. The van der Waals surface area contributed by atoms with Crippen LogP contribution in [0, 0.1) is 21.4 Å². The molecule has 15 heavy (non-hydrogen) atoms. The highest BCUT2D eigenvalue weighted by atomic mass is 32.2. The molecule has 1 aromatic carbocycles. The third-order valence-electron chi connectivity index (χ3n) is 1.84. The zero-order chi connectivity index (χ0) is 11.3. The molecular formula is C10H10N2O2S. The molecule has 0 aliphatic rings. The molecule has 1 unspecified atom stereocenters. The number of nitro benzene ring substituents is 1. The summed E-state index contributed by atoms with van der Waals surface area (Å²) in [5.41, 5.74) is 0.0735. The van der Waals surface area contributed by atoms with Crippen LogP contribution in [-0.4, -0.2) is 10.2 Å². The molecule has 0 aliphatic heterocycles. The summed E-state index contributed by atoms with van der Waals surface area (Å²) in [4.78, 5) is 10.8. The fourth-order valence-electron chi connectivity index (χ4n) is 1.01. The van der Waals surface area contributed by atoms with Crippen molar-refractivity contribution in [1.82, 2.24) is 0 Å². The molecule has 0 radical (unpaired) electrons. The number of rotatable bonds is 4. The maximum Gasteiger partial charge on any atom is 0.269 e. The molecule has 0 saturated carbocycles. The van der Waals surface area contributed by atoms with E-state index >= 15 is 0 Å². The number of non-ortho nitro benzene ring substituents is 1. The molecule has 0 fully saturated rings. The number of nitriles is 1. The SMILES string of the molecule is CCC(C#N)Sc1ccc([N+](=O)[O-])cc1. The van der Waals surface area contributed by atoms with E-state index in [0.29, 0.717) is 0 Å². The van der Waals surface area contributed by atoms with Gasteiger partial charge in [0.25, 0.3) is 5.69 Å². The Labute approximate surface area is 92.1 Å². The van der Waals surface area contributed by atoms with Crippen LogP contribution >= 0.6 is 11.8 Å². The summed E-state index contributed by atoms with van der Waals surface area (Å²) in [6, 6.07) is 8.41. The predicted octanol–water partition coefficient (Wildman–Crippen LogP) is 2.99. The van der Waals surface area contributed by atoms with Gasteiger partial charge in [-0.2, -0.15) is 5.26 Å². The Kier molecular flexibility index (Phi) is 4.13. The van der Waals surface area contributed by atoms with Crippen molar-refractivity contribution in [3.05, 3.63) is 34.4 Å². The number of benzene rings is 1. The number of hydrogen-bond acceptors (Lipinski definition) is 4. The van der Waals surface area contributed by atoms with Crippen molar-refractivity contribution in [2.45, 2.75) is 23.5 Å². The zero-order valence-electron chi connectivity index (χ0n) is 8.21. The van der Waals surface area contributed by atoms with Crippen LogP contribution in [0.3, 0.4) is 0 Å². The van der Waals surface area contributed by atoms with Gasteiger partial charge in [-0.15, -0.1) is 11.8 Å². The maximum atomic E-state index is 10.4. The minimum Gasteiger partial charge on any atom is -0.258 e. The van der Waals surface area contributed by atoms with Crippen molar-refractivity contribution in [3.8, 4) is 6.07 Å². The molecule has 78 valence electrons. The highest BCUT2D eigenvalue weighted by molar-refractivity contribution is 8.00. The third kappa shape index (κ3) is 3.26. The molecule has 4 nitrogen and oxygen atoms in total. The van der Waals surface area contributed by atoms with Crippen LogP contribution in [-0.2, 0) is 0 Å². The Bertz CT molecular complexity index is 383. The van der Waals surface area contributed by atoms with Crippen molar-refractivity contribution in [3.63, 3.8) is 0 Å².